The van der Waals surface area contributed by atoms with Gasteiger partial charge in [-0.1, -0.05) is 24.3 Å². The number of carbonyl (C=O) groups is 2. The van der Waals surface area contributed by atoms with Crippen molar-refractivity contribution in [2.75, 3.05) is 20.1 Å². The SMILES string of the molecule is CCN(C)C(=O)CN1Cc2ccccc2C[C@H]1C(=O)O. The zero-order chi connectivity index (χ0) is 14.7. The maximum atomic E-state index is 12.0. The van der Waals surface area contributed by atoms with Gasteiger partial charge in [0.15, 0.2) is 0 Å². The number of nitrogens with zero attached hydrogens (tertiary/aromatic N) is 2. The lowest BCUT2D eigenvalue weighted by Gasteiger charge is -2.34. The Morgan fingerprint density at radius 3 is 2.60 bits per heavy atom. The molecule has 0 aliphatic carbocycles. The standard InChI is InChI=1S/C15H20N2O3/c1-3-16(2)14(18)10-17-9-12-7-5-4-6-11(12)8-13(17)15(19)20/h4-7,13H,3,8-10H2,1-2H3,(H,19,20)/t13-/m0/s1. The molecule has 1 N–H and O–H groups in total. The molecule has 5 heteroatoms. The van der Waals surface area contributed by atoms with Crippen molar-refractivity contribution >= 4 is 11.9 Å². The molecule has 5 nitrogen and oxygen atoms in total. The Morgan fingerprint density at radius 2 is 2.00 bits per heavy atom. The molecule has 1 aliphatic heterocycles. The summed E-state index contributed by atoms with van der Waals surface area (Å²) >= 11 is 0. The van der Waals surface area contributed by atoms with Crippen LogP contribution >= 0.6 is 0 Å². The van der Waals surface area contributed by atoms with Gasteiger partial charge in [0.25, 0.3) is 0 Å². The van der Waals surface area contributed by atoms with Gasteiger partial charge in [0.05, 0.1) is 6.54 Å². The maximum Gasteiger partial charge on any atom is 0.321 e. The molecule has 1 amide bonds. The third-order valence-electron chi connectivity index (χ3n) is 3.87. The summed E-state index contributed by atoms with van der Waals surface area (Å²) in [7, 11) is 1.73. The molecule has 1 atom stereocenters. The number of hydrogen-bond donors (Lipinski definition) is 1. The van der Waals surface area contributed by atoms with Gasteiger partial charge in [0.2, 0.25) is 5.91 Å². The van der Waals surface area contributed by atoms with E-state index in [9.17, 15) is 14.7 Å². The molecule has 1 aromatic rings. The van der Waals surface area contributed by atoms with Crippen molar-refractivity contribution in [2.45, 2.75) is 25.9 Å². The number of carboxylic acid groups (broad SMARTS) is 1. The van der Waals surface area contributed by atoms with Crippen LogP contribution in [0.15, 0.2) is 24.3 Å². The van der Waals surface area contributed by atoms with E-state index in [-0.39, 0.29) is 12.5 Å². The van der Waals surface area contributed by atoms with Crippen LogP contribution in [0, 0.1) is 0 Å². The molecule has 0 spiro atoms. The summed E-state index contributed by atoms with van der Waals surface area (Å²) in [5.41, 5.74) is 2.17. The number of carbonyl (C=O) groups excluding carboxylic acids is 1. The van der Waals surface area contributed by atoms with E-state index in [4.69, 9.17) is 0 Å². The zero-order valence-corrected chi connectivity index (χ0v) is 11.9. The van der Waals surface area contributed by atoms with Crippen molar-refractivity contribution in [3.63, 3.8) is 0 Å². The zero-order valence-electron chi connectivity index (χ0n) is 11.9. The molecule has 1 heterocycles. The van der Waals surface area contributed by atoms with Crippen LogP contribution in [0.2, 0.25) is 0 Å². The largest absolute Gasteiger partial charge is 0.480 e. The molecule has 108 valence electrons. The molecule has 0 unspecified atom stereocenters. The van der Waals surface area contributed by atoms with Crippen molar-refractivity contribution in [3.05, 3.63) is 35.4 Å². The lowest BCUT2D eigenvalue weighted by molar-refractivity contribution is -0.145. The lowest BCUT2D eigenvalue weighted by atomic mass is 9.94. The van der Waals surface area contributed by atoms with E-state index >= 15 is 0 Å². The molecular weight excluding hydrogens is 256 g/mol. The molecule has 0 bridgehead atoms. The monoisotopic (exact) mass is 276 g/mol. The van der Waals surface area contributed by atoms with Crippen LogP contribution < -0.4 is 0 Å². The van der Waals surface area contributed by atoms with Gasteiger partial charge < -0.3 is 10.0 Å². The number of fused-ring (bicyclic) bond motifs is 1. The van der Waals surface area contributed by atoms with Crippen molar-refractivity contribution in [3.8, 4) is 0 Å². The van der Waals surface area contributed by atoms with E-state index in [1.807, 2.05) is 31.2 Å². The molecule has 1 aromatic carbocycles. The fraction of sp³-hybridized carbons (Fsp3) is 0.467. The molecule has 1 aliphatic rings. The minimum Gasteiger partial charge on any atom is -0.480 e. The molecule has 0 fully saturated rings. The number of carboxylic acids is 1. The van der Waals surface area contributed by atoms with E-state index in [1.165, 1.54) is 0 Å². The Hall–Kier alpha value is -1.88. The van der Waals surface area contributed by atoms with Gasteiger partial charge >= 0.3 is 5.97 Å². The predicted octanol–water partition coefficient (Wildman–Crippen LogP) is 0.976. The highest BCUT2D eigenvalue weighted by atomic mass is 16.4. The average Bonchev–Trinajstić information content (AvgIpc) is 2.45. The highest BCUT2D eigenvalue weighted by molar-refractivity contribution is 5.80. The van der Waals surface area contributed by atoms with Gasteiger partial charge in [-0.05, 0) is 24.5 Å². The maximum absolute atomic E-state index is 12.0. The number of benzene rings is 1. The van der Waals surface area contributed by atoms with Crippen LogP contribution in [0.3, 0.4) is 0 Å². The van der Waals surface area contributed by atoms with Gasteiger partial charge in [-0.3, -0.25) is 14.5 Å². The fourth-order valence-corrected chi connectivity index (χ4v) is 2.46. The lowest BCUT2D eigenvalue weighted by Crippen LogP contribution is -2.49. The van der Waals surface area contributed by atoms with Crippen molar-refractivity contribution < 1.29 is 14.7 Å². The third-order valence-corrected chi connectivity index (χ3v) is 3.87. The Labute approximate surface area is 118 Å². The average molecular weight is 276 g/mol. The van der Waals surface area contributed by atoms with Crippen LogP contribution in [0.4, 0.5) is 0 Å². The Kier molecular flexibility index (Phi) is 4.39. The van der Waals surface area contributed by atoms with Crippen molar-refractivity contribution in [2.24, 2.45) is 0 Å². The normalized spacial score (nSPS) is 18.4. The highest BCUT2D eigenvalue weighted by Crippen LogP contribution is 2.23. The third kappa shape index (κ3) is 2.99. The van der Waals surface area contributed by atoms with Crippen LogP contribution in [0.5, 0.6) is 0 Å². The van der Waals surface area contributed by atoms with Crippen molar-refractivity contribution in [1.29, 1.82) is 0 Å². The highest BCUT2D eigenvalue weighted by Gasteiger charge is 2.32. The minimum atomic E-state index is -0.869. The Morgan fingerprint density at radius 1 is 1.35 bits per heavy atom. The van der Waals surface area contributed by atoms with Crippen LogP contribution in [0.1, 0.15) is 18.1 Å². The number of hydrogen-bond acceptors (Lipinski definition) is 3. The second-order valence-electron chi connectivity index (χ2n) is 5.14. The summed E-state index contributed by atoms with van der Waals surface area (Å²) in [5, 5.41) is 9.38. The first-order valence-electron chi connectivity index (χ1n) is 6.80. The Bertz CT molecular complexity index is 516. The first kappa shape index (κ1) is 14.5. The summed E-state index contributed by atoms with van der Waals surface area (Å²) in [6.07, 6.45) is 0.453. The van der Waals surface area contributed by atoms with Crippen LogP contribution in [0.25, 0.3) is 0 Å². The summed E-state index contributed by atoms with van der Waals surface area (Å²) in [4.78, 5) is 26.8. The van der Waals surface area contributed by atoms with Gasteiger partial charge in [0, 0.05) is 20.1 Å². The van der Waals surface area contributed by atoms with E-state index in [1.54, 1.807) is 16.8 Å². The first-order valence-corrected chi connectivity index (χ1v) is 6.80. The van der Waals surface area contributed by atoms with Gasteiger partial charge in [-0.15, -0.1) is 0 Å². The molecule has 2 rings (SSSR count). The quantitative estimate of drug-likeness (QED) is 0.890. The minimum absolute atomic E-state index is 0.0434. The predicted molar refractivity (Wildman–Crippen MR) is 75.3 cm³/mol. The number of aliphatic carboxylic acids is 1. The summed E-state index contributed by atoms with van der Waals surface area (Å²) in [6.45, 7) is 3.19. The molecule has 20 heavy (non-hydrogen) atoms. The number of amides is 1. The topological polar surface area (TPSA) is 60.9 Å². The number of likely N-dealkylation sites (N-methyl/N-ethyl adjacent to an activating group) is 1. The molecule has 0 saturated carbocycles. The van der Waals surface area contributed by atoms with E-state index in [2.05, 4.69) is 0 Å². The summed E-state index contributed by atoms with van der Waals surface area (Å²) < 4.78 is 0. The van der Waals surface area contributed by atoms with Crippen LogP contribution in [-0.2, 0) is 22.6 Å². The van der Waals surface area contributed by atoms with E-state index < -0.39 is 12.0 Å². The fourth-order valence-electron chi connectivity index (χ4n) is 2.46. The second-order valence-corrected chi connectivity index (χ2v) is 5.14. The summed E-state index contributed by atoms with van der Waals surface area (Å²) in [6, 6.07) is 7.19. The molecule has 0 saturated heterocycles. The smallest absolute Gasteiger partial charge is 0.321 e. The van der Waals surface area contributed by atoms with E-state index in [0.29, 0.717) is 19.5 Å². The van der Waals surface area contributed by atoms with Crippen LogP contribution in [-0.4, -0.2) is 53.0 Å². The second kappa shape index (κ2) is 6.05. The molecule has 0 aromatic heterocycles. The first-order chi connectivity index (χ1) is 9.52. The molecular formula is C15H20N2O3. The van der Waals surface area contributed by atoms with Crippen molar-refractivity contribution in [1.82, 2.24) is 9.80 Å². The summed E-state index contributed by atoms with van der Waals surface area (Å²) in [5.74, 6) is -0.912. The van der Waals surface area contributed by atoms with E-state index in [0.717, 1.165) is 11.1 Å². The van der Waals surface area contributed by atoms with Gasteiger partial charge in [-0.2, -0.15) is 0 Å². The van der Waals surface area contributed by atoms with Gasteiger partial charge in [-0.25, -0.2) is 0 Å². The number of rotatable bonds is 4. The molecule has 0 radical (unpaired) electrons. The van der Waals surface area contributed by atoms with Gasteiger partial charge in [0.1, 0.15) is 6.04 Å². The Balaban J connectivity index is 2.18.